The van der Waals surface area contributed by atoms with Crippen LogP contribution < -0.4 is 16.4 Å². The molecule has 8 heteroatoms. The van der Waals surface area contributed by atoms with Crippen LogP contribution in [0.25, 0.3) is 10.9 Å². The van der Waals surface area contributed by atoms with Gasteiger partial charge in [0.25, 0.3) is 0 Å². The number of aromatic nitrogens is 1. The summed E-state index contributed by atoms with van der Waals surface area (Å²) in [5, 5.41) is 6.56. The van der Waals surface area contributed by atoms with Crippen LogP contribution in [0.4, 0.5) is 0 Å². The van der Waals surface area contributed by atoms with Gasteiger partial charge in [0.05, 0.1) is 11.6 Å². The standard InChI is InChI=1S/C28H36N4O4/c1-18(2)36-26(34)23(15-14-19-10-6-5-7-11-19)31-25(33)24(32-27(35)28(3,4)29)16-20-17-30-22-13-9-8-12-21(20)22/h5-13,17-18,23-24,30H,14-16,29H2,1-4H3,(H,31,33)(H,32,35)/t23-,24+/m0/s1. The van der Waals surface area contributed by atoms with Crippen molar-refractivity contribution >= 4 is 28.7 Å². The quantitative estimate of drug-likeness (QED) is 0.306. The highest BCUT2D eigenvalue weighted by Crippen LogP contribution is 2.19. The van der Waals surface area contributed by atoms with E-state index >= 15 is 0 Å². The molecule has 0 aliphatic rings. The third kappa shape index (κ3) is 7.42. The Bertz CT molecular complexity index is 1180. The number of hydrogen-bond acceptors (Lipinski definition) is 5. The van der Waals surface area contributed by atoms with Crippen molar-refractivity contribution in [2.24, 2.45) is 5.73 Å². The van der Waals surface area contributed by atoms with Crippen LogP contribution >= 0.6 is 0 Å². The van der Waals surface area contributed by atoms with Crippen molar-refractivity contribution in [3.63, 3.8) is 0 Å². The van der Waals surface area contributed by atoms with E-state index in [2.05, 4.69) is 15.6 Å². The number of hydrogen-bond donors (Lipinski definition) is 4. The molecule has 192 valence electrons. The van der Waals surface area contributed by atoms with Gasteiger partial charge in [0.15, 0.2) is 0 Å². The summed E-state index contributed by atoms with van der Waals surface area (Å²) in [6.07, 6.45) is 2.66. The zero-order chi connectivity index (χ0) is 26.3. The lowest BCUT2D eigenvalue weighted by Crippen LogP contribution is -2.58. The van der Waals surface area contributed by atoms with Crippen LogP contribution in [-0.2, 0) is 32.0 Å². The Hall–Kier alpha value is -3.65. The predicted molar refractivity (Wildman–Crippen MR) is 140 cm³/mol. The van der Waals surface area contributed by atoms with Crippen molar-refractivity contribution < 1.29 is 19.1 Å². The fourth-order valence-corrected chi connectivity index (χ4v) is 3.87. The smallest absolute Gasteiger partial charge is 0.328 e. The molecular formula is C28H36N4O4. The highest BCUT2D eigenvalue weighted by molar-refractivity contribution is 5.94. The number of nitrogens with one attached hydrogen (secondary N) is 3. The van der Waals surface area contributed by atoms with Crippen molar-refractivity contribution in [1.29, 1.82) is 0 Å². The second-order valence-corrected chi connectivity index (χ2v) is 9.88. The molecule has 8 nitrogen and oxygen atoms in total. The first-order chi connectivity index (χ1) is 17.0. The van der Waals surface area contributed by atoms with Crippen LogP contribution in [0.1, 0.15) is 45.2 Å². The Balaban J connectivity index is 1.82. The van der Waals surface area contributed by atoms with Gasteiger partial charge in [-0.3, -0.25) is 9.59 Å². The van der Waals surface area contributed by atoms with E-state index in [-0.39, 0.29) is 12.5 Å². The molecule has 1 heterocycles. The number of aromatic amines is 1. The summed E-state index contributed by atoms with van der Waals surface area (Å²) in [5.74, 6) is -1.45. The summed E-state index contributed by atoms with van der Waals surface area (Å²) in [4.78, 5) is 42.3. The van der Waals surface area contributed by atoms with E-state index in [1.54, 1.807) is 27.7 Å². The summed E-state index contributed by atoms with van der Waals surface area (Å²) < 4.78 is 5.41. The predicted octanol–water partition coefficient (Wildman–Crippen LogP) is 3.00. The van der Waals surface area contributed by atoms with Crippen LogP contribution in [0.3, 0.4) is 0 Å². The van der Waals surface area contributed by atoms with Gasteiger partial charge in [-0.2, -0.15) is 0 Å². The van der Waals surface area contributed by atoms with E-state index in [0.717, 1.165) is 22.0 Å². The summed E-state index contributed by atoms with van der Waals surface area (Å²) >= 11 is 0. The first-order valence-corrected chi connectivity index (χ1v) is 12.2. The zero-order valence-corrected chi connectivity index (χ0v) is 21.3. The van der Waals surface area contributed by atoms with Crippen LogP contribution in [0, 0.1) is 0 Å². The van der Waals surface area contributed by atoms with Gasteiger partial charge < -0.3 is 26.1 Å². The van der Waals surface area contributed by atoms with Crippen LogP contribution in [0.2, 0.25) is 0 Å². The number of carbonyl (C=O) groups excluding carboxylic acids is 3. The Kier molecular flexibility index (Phi) is 8.88. The van der Waals surface area contributed by atoms with E-state index in [1.807, 2.05) is 60.8 Å². The van der Waals surface area contributed by atoms with Crippen LogP contribution in [0.5, 0.6) is 0 Å². The molecule has 0 saturated carbocycles. The average Bonchev–Trinajstić information content (AvgIpc) is 3.23. The summed E-state index contributed by atoms with van der Waals surface area (Å²) in [6, 6.07) is 15.6. The van der Waals surface area contributed by atoms with Gasteiger partial charge in [-0.15, -0.1) is 0 Å². The van der Waals surface area contributed by atoms with Crippen molar-refractivity contribution in [2.75, 3.05) is 0 Å². The molecule has 1 aromatic heterocycles. The van der Waals surface area contributed by atoms with E-state index in [0.29, 0.717) is 12.8 Å². The first-order valence-electron chi connectivity index (χ1n) is 12.2. The average molecular weight is 493 g/mol. The van der Waals surface area contributed by atoms with E-state index in [9.17, 15) is 14.4 Å². The minimum absolute atomic E-state index is 0.225. The van der Waals surface area contributed by atoms with Crippen molar-refractivity contribution in [1.82, 2.24) is 15.6 Å². The fourth-order valence-electron chi connectivity index (χ4n) is 3.87. The van der Waals surface area contributed by atoms with Crippen LogP contribution in [-0.4, -0.2) is 46.5 Å². The summed E-state index contributed by atoms with van der Waals surface area (Å²) in [7, 11) is 0. The molecule has 2 atom stereocenters. The van der Waals surface area contributed by atoms with Crippen molar-refractivity contribution in [2.45, 2.75) is 70.7 Å². The second kappa shape index (κ2) is 11.9. The van der Waals surface area contributed by atoms with E-state index in [4.69, 9.17) is 10.5 Å². The number of aryl methyl sites for hydroxylation is 1. The molecule has 3 aromatic rings. The maximum atomic E-state index is 13.5. The van der Waals surface area contributed by atoms with Crippen molar-refractivity contribution in [3.8, 4) is 0 Å². The number of esters is 1. The number of rotatable bonds is 11. The minimum Gasteiger partial charge on any atom is -0.461 e. The number of ether oxygens (including phenoxy) is 1. The first kappa shape index (κ1) is 26.9. The number of nitrogens with two attached hydrogens (primary N) is 1. The molecule has 0 fully saturated rings. The normalized spacial score (nSPS) is 13.3. The maximum Gasteiger partial charge on any atom is 0.328 e. The Morgan fingerprint density at radius 3 is 2.31 bits per heavy atom. The molecule has 3 rings (SSSR count). The van der Waals surface area contributed by atoms with Gasteiger partial charge in [-0.25, -0.2) is 4.79 Å². The topological polar surface area (TPSA) is 126 Å². The molecule has 0 radical (unpaired) electrons. The molecule has 2 aromatic carbocycles. The monoisotopic (exact) mass is 492 g/mol. The maximum absolute atomic E-state index is 13.5. The Morgan fingerprint density at radius 1 is 0.972 bits per heavy atom. The van der Waals surface area contributed by atoms with Gasteiger partial charge in [0.2, 0.25) is 11.8 Å². The number of fused-ring (bicyclic) bond motifs is 1. The summed E-state index contributed by atoms with van der Waals surface area (Å²) in [6.45, 7) is 6.67. The largest absolute Gasteiger partial charge is 0.461 e. The second-order valence-electron chi connectivity index (χ2n) is 9.88. The number of carbonyl (C=O) groups is 3. The van der Waals surface area contributed by atoms with Gasteiger partial charge >= 0.3 is 5.97 Å². The molecule has 0 spiro atoms. The molecule has 0 bridgehead atoms. The number of H-pyrrole nitrogens is 1. The highest BCUT2D eigenvalue weighted by atomic mass is 16.5. The molecular weight excluding hydrogens is 456 g/mol. The van der Waals surface area contributed by atoms with E-state index in [1.165, 1.54) is 0 Å². The van der Waals surface area contributed by atoms with Crippen LogP contribution in [0.15, 0.2) is 60.8 Å². The lowest BCUT2D eigenvalue weighted by atomic mass is 10.0. The number of benzene rings is 2. The molecule has 2 amide bonds. The van der Waals surface area contributed by atoms with E-state index < -0.39 is 35.4 Å². The summed E-state index contributed by atoms with van der Waals surface area (Å²) in [5.41, 5.74) is 7.65. The third-order valence-electron chi connectivity index (χ3n) is 5.82. The van der Waals surface area contributed by atoms with Gasteiger partial charge in [-0.05, 0) is 57.7 Å². The Morgan fingerprint density at radius 2 is 1.64 bits per heavy atom. The lowest BCUT2D eigenvalue weighted by molar-refractivity contribution is -0.151. The SMILES string of the molecule is CC(C)OC(=O)[C@H](CCc1ccccc1)NC(=O)[C@@H](Cc1c[nH]c2ccccc12)NC(=O)C(C)(C)N. The fraction of sp³-hybridized carbons (Fsp3) is 0.393. The van der Waals surface area contributed by atoms with Gasteiger partial charge in [0, 0.05) is 23.5 Å². The lowest BCUT2D eigenvalue weighted by Gasteiger charge is -2.26. The molecule has 0 unspecified atom stereocenters. The molecule has 0 aliphatic carbocycles. The van der Waals surface area contributed by atoms with Crippen molar-refractivity contribution in [3.05, 3.63) is 71.9 Å². The molecule has 36 heavy (non-hydrogen) atoms. The zero-order valence-electron chi connectivity index (χ0n) is 21.3. The van der Waals surface area contributed by atoms with Gasteiger partial charge in [-0.1, -0.05) is 48.5 Å². The number of para-hydroxylation sites is 1. The molecule has 5 N–H and O–H groups in total. The third-order valence-corrected chi connectivity index (χ3v) is 5.82. The minimum atomic E-state index is -1.18. The Labute approximate surface area is 212 Å². The van der Waals surface area contributed by atoms with Gasteiger partial charge in [0.1, 0.15) is 12.1 Å². The molecule has 0 aliphatic heterocycles. The highest BCUT2D eigenvalue weighted by Gasteiger charge is 2.31. The molecule has 0 saturated heterocycles. The number of amides is 2.